The van der Waals surface area contributed by atoms with E-state index in [0.717, 1.165) is 31.8 Å². The second-order valence-electron chi connectivity index (χ2n) is 4.59. The van der Waals surface area contributed by atoms with E-state index in [0.29, 0.717) is 12.2 Å². The van der Waals surface area contributed by atoms with Gasteiger partial charge in [0.25, 0.3) is 0 Å². The molecule has 0 radical (unpaired) electrons. The molecule has 2 N–H and O–H groups in total. The summed E-state index contributed by atoms with van der Waals surface area (Å²) in [7, 11) is 4.03. The molecule has 0 bridgehead atoms. The first kappa shape index (κ1) is 15.6. The van der Waals surface area contributed by atoms with Gasteiger partial charge in [-0.05, 0) is 31.8 Å². The molecule has 1 rings (SSSR count). The number of carbonyl (C=O) groups is 1. The van der Waals surface area contributed by atoms with E-state index < -0.39 is 5.97 Å². The normalized spacial score (nSPS) is 10.9. The number of likely N-dealkylation sites (N-methyl/N-ethyl adjacent to an activating group) is 1. The van der Waals surface area contributed by atoms with Gasteiger partial charge in [-0.1, -0.05) is 12.1 Å². The van der Waals surface area contributed by atoms with Gasteiger partial charge in [0.1, 0.15) is 0 Å². The molecular formula is C14H22N2O3. The first-order valence-electron chi connectivity index (χ1n) is 6.35. The highest BCUT2D eigenvalue weighted by Gasteiger charge is 2.01. The molecule has 0 aliphatic rings. The number of ether oxygens (including phenoxy) is 1. The number of nitrogens with zero attached hydrogens (tertiary/aromatic N) is 1. The molecule has 1 aromatic rings. The van der Waals surface area contributed by atoms with Crippen LogP contribution in [-0.2, 0) is 11.3 Å². The predicted molar refractivity (Wildman–Crippen MR) is 74.5 cm³/mol. The number of aromatic carboxylic acids is 1. The molecule has 1 aromatic carbocycles. The van der Waals surface area contributed by atoms with Gasteiger partial charge < -0.3 is 20.1 Å². The van der Waals surface area contributed by atoms with Crippen molar-refractivity contribution in [2.24, 2.45) is 0 Å². The Morgan fingerprint density at radius 3 is 2.53 bits per heavy atom. The van der Waals surface area contributed by atoms with Crippen molar-refractivity contribution in [2.45, 2.75) is 6.54 Å². The lowest BCUT2D eigenvalue weighted by Gasteiger charge is -2.10. The maximum absolute atomic E-state index is 10.7. The van der Waals surface area contributed by atoms with Crippen molar-refractivity contribution < 1.29 is 14.6 Å². The Bertz CT molecular complexity index is 377. The van der Waals surface area contributed by atoms with E-state index in [2.05, 4.69) is 10.2 Å². The molecule has 0 saturated heterocycles. The van der Waals surface area contributed by atoms with Crippen LogP contribution in [0.15, 0.2) is 24.3 Å². The third-order valence-corrected chi connectivity index (χ3v) is 2.64. The number of carboxylic acid groups (broad SMARTS) is 1. The van der Waals surface area contributed by atoms with Gasteiger partial charge in [-0.15, -0.1) is 0 Å². The molecule has 0 amide bonds. The lowest BCUT2D eigenvalue weighted by molar-refractivity contribution is 0.0697. The molecule has 0 heterocycles. The van der Waals surface area contributed by atoms with Crippen LogP contribution in [0.1, 0.15) is 15.9 Å². The van der Waals surface area contributed by atoms with Crippen LogP contribution in [-0.4, -0.2) is 56.4 Å². The number of hydrogen-bond acceptors (Lipinski definition) is 4. The molecule has 0 fully saturated rings. The molecule has 0 saturated carbocycles. The van der Waals surface area contributed by atoms with E-state index in [1.807, 2.05) is 26.2 Å². The minimum absolute atomic E-state index is 0.316. The van der Waals surface area contributed by atoms with Gasteiger partial charge in [0.2, 0.25) is 0 Å². The van der Waals surface area contributed by atoms with E-state index in [1.54, 1.807) is 12.1 Å². The Labute approximate surface area is 114 Å². The first-order chi connectivity index (χ1) is 9.09. The van der Waals surface area contributed by atoms with Crippen LogP contribution >= 0.6 is 0 Å². The Kier molecular flexibility index (Phi) is 7.10. The van der Waals surface area contributed by atoms with Crippen molar-refractivity contribution in [2.75, 3.05) is 40.4 Å². The maximum atomic E-state index is 10.7. The molecule has 0 unspecified atom stereocenters. The van der Waals surface area contributed by atoms with Gasteiger partial charge in [0.15, 0.2) is 0 Å². The van der Waals surface area contributed by atoms with Gasteiger partial charge in [0, 0.05) is 19.6 Å². The van der Waals surface area contributed by atoms with Crippen LogP contribution in [0.5, 0.6) is 0 Å². The molecule has 19 heavy (non-hydrogen) atoms. The second-order valence-corrected chi connectivity index (χ2v) is 4.59. The summed E-state index contributed by atoms with van der Waals surface area (Å²) in [5, 5.41) is 12.0. The van der Waals surface area contributed by atoms with Crippen LogP contribution in [0.3, 0.4) is 0 Å². The van der Waals surface area contributed by atoms with Crippen LogP contribution < -0.4 is 5.32 Å². The molecule has 0 aliphatic carbocycles. The summed E-state index contributed by atoms with van der Waals surface area (Å²) in [4.78, 5) is 12.8. The fourth-order valence-corrected chi connectivity index (χ4v) is 1.49. The Morgan fingerprint density at radius 1 is 1.26 bits per heavy atom. The summed E-state index contributed by atoms with van der Waals surface area (Å²) >= 11 is 0. The largest absolute Gasteiger partial charge is 0.478 e. The molecule has 0 aliphatic heterocycles. The molecule has 5 nitrogen and oxygen atoms in total. The standard InChI is InChI=1S/C14H22N2O3/c1-16(2)8-10-19-9-7-15-11-12-3-5-13(6-4-12)14(17)18/h3-6,15H,7-11H2,1-2H3,(H,17,18). The average Bonchev–Trinajstić information content (AvgIpc) is 2.38. The minimum Gasteiger partial charge on any atom is -0.478 e. The molecule has 0 aromatic heterocycles. The first-order valence-corrected chi connectivity index (χ1v) is 6.35. The molecule has 106 valence electrons. The van der Waals surface area contributed by atoms with E-state index in [-0.39, 0.29) is 0 Å². The van der Waals surface area contributed by atoms with Crippen molar-refractivity contribution >= 4 is 5.97 Å². The Balaban J connectivity index is 2.11. The van der Waals surface area contributed by atoms with Crippen molar-refractivity contribution in [3.8, 4) is 0 Å². The number of nitrogens with one attached hydrogen (secondary N) is 1. The lowest BCUT2D eigenvalue weighted by Crippen LogP contribution is -2.23. The Hall–Kier alpha value is -1.43. The van der Waals surface area contributed by atoms with Crippen LogP contribution in [0.25, 0.3) is 0 Å². The number of rotatable bonds is 9. The van der Waals surface area contributed by atoms with Crippen molar-refractivity contribution in [3.05, 3.63) is 35.4 Å². The van der Waals surface area contributed by atoms with Crippen molar-refractivity contribution in [3.63, 3.8) is 0 Å². The summed E-state index contributed by atoms with van der Waals surface area (Å²) in [6, 6.07) is 6.88. The molecular weight excluding hydrogens is 244 g/mol. The third kappa shape index (κ3) is 6.91. The minimum atomic E-state index is -0.895. The van der Waals surface area contributed by atoms with E-state index >= 15 is 0 Å². The lowest BCUT2D eigenvalue weighted by atomic mass is 10.1. The van der Waals surface area contributed by atoms with Gasteiger partial charge >= 0.3 is 5.97 Å². The summed E-state index contributed by atoms with van der Waals surface area (Å²) < 4.78 is 5.45. The highest BCUT2D eigenvalue weighted by Crippen LogP contribution is 2.03. The van der Waals surface area contributed by atoms with Gasteiger partial charge in [-0.2, -0.15) is 0 Å². The van der Waals surface area contributed by atoms with Crippen molar-refractivity contribution in [1.29, 1.82) is 0 Å². The zero-order valence-electron chi connectivity index (χ0n) is 11.6. The van der Waals surface area contributed by atoms with Crippen LogP contribution in [0.2, 0.25) is 0 Å². The topological polar surface area (TPSA) is 61.8 Å². The zero-order chi connectivity index (χ0) is 14.1. The Morgan fingerprint density at radius 2 is 1.95 bits per heavy atom. The third-order valence-electron chi connectivity index (χ3n) is 2.64. The fraction of sp³-hybridized carbons (Fsp3) is 0.500. The summed E-state index contributed by atoms with van der Waals surface area (Å²) in [6.07, 6.45) is 0. The number of benzene rings is 1. The van der Waals surface area contributed by atoms with Gasteiger partial charge in [0.05, 0.1) is 18.8 Å². The highest BCUT2D eigenvalue weighted by molar-refractivity contribution is 5.87. The average molecular weight is 266 g/mol. The molecule has 0 spiro atoms. The SMILES string of the molecule is CN(C)CCOCCNCc1ccc(C(=O)O)cc1. The van der Waals surface area contributed by atoms with E-state index in [1.165, 1.54) is 0 Å². The summed E-state index contributed by atoms with van der Waals surface area (Å²) in [5.41, 5.74) is 1.38. The summed E-state index contributed by atoms with van der Waals surface area (Å²) in [6.45, 7) is 3.85. The van der Waals surface area contributed by atoms with E-state index in [4.69, 9.17) is 9.84 Å². The maximum Gasteiger partial charge on any atom is 0.335 e. The zero-order valence-corrected chi connectivity index (χ0v) is 11.6. The number of carboxylic acids is 1. The monoisotopic (exact) mass is 266 g/mol. The number of hydrogen-bond donors (Lipinski definition) is 2. The predicted octanol–water partition coefficient (Wildman–Crippen LogP) is 1.05. The molecule has 0 atom stereocenters. The van der Waals surface area contributed by atoms with E-state index in [9.17, 15) is 4.79 Å². The second kappa shape index (κ2) is 8.63. The smallest absolute Gasteiger partial charge is 0.335 e. The van der Waals surface area contributed by atoms with Crippen LogP contribution in [0, 0.1) is 0 Å². The summed E-state index contributed by atoms with van der Waals surface area (Å²) in [5.74, 6) is -0.895. The molecule has 5 heteroatoms. The van der Waals surface area contributed by atoms with Gasteiger partial charge in [-0.3, -0.25) is 0 Å². The fourth-order valence-electron chi connectivity index (χ4n) is 1.49. The van der Waals surface area contributed by atoms with Crippen molar-refractivity contribution in [1.82, 2.24) is 10.2 Å². The highest BCUT2D eigenvalue weighted by atomic mass is 16.5. The van der Waals surface area contributed by atoms with Crippen LogP contribution in [0.4, 0.5) is 0 Å². The quantitative estimate of drug-likeness (QED) is 0.654. The van der Waals surface area contributed by atoms with Gasteiger partial charge in [-0.25, -0.2) is 4.79 Å².